The van der Waals surface area contributed by atoms with Crippen molar-refractivity contribution in [2.45, 2.75) is 31.6 Å². The van der Waals surface area contributed by atoms with E-state index in [2.05, 4.69) is 5.32 Å². The molecule has 0 spiro atoms. The van der Waals surface area contributed by atoms with Crippen molar-refractivity contribution in [2.75, 3.05) is 19.0 Å². The number of benzene rings is 1. The van der Waals surface area contributed by atoms with Crippen LogP contribution in [-0.2, 0) is 9.53 Å². The van der Waals surface area contributed by atoms with Crippen LogP contribution in [0, 0.1) is 0 Å². The zero-order valence-electron chi connectivity index (χ0n) is 12.8. The van der Waals surface area contributed by atoms with Gasteiger partial charge in [-0.05, 0) is 25.0 Å². The number of amides is 1. The van der Waals surface area contributed by atoms with Crippen LogP contribution in [0.5, 0.6) is 0 Å². The van der Waals surface area contributed by atoms with E-state index in [0.29, 0.717) is 11.7 Å². The summed E-state index contributed by atoms with van der Waals surface area (Å²) in [6.07, 6.45) is 4.87. The molecule has 116 valence electrons. The van der Waals surface area contributed by atoms with Gasteiger partial charge in [0.25, 0.3) is 5.91 Å². The van der Waals surface area contributed by atoms with E-state index in [1.165, 1.54) is 32.8 Å². The van der Waals surface area contributed by atoms with Crippen molar-refractivity contribution < 1.29 is 9.53 Å². The molecule has 22 heavy (non-hydrogen) atoms. The summed E-state index contributed by atoms with van der Waals surface area (Å²) in [4.78, 5) is 11.8. The highest BCUT2D eigenvalue weighted by Crippen LogP contribution is 2.35. The largest absolute Gasteiger partial charge is 0.375 e. The van der Waals surface area contributed by atoms with Crippen LogP contribution in [0.2, 0.25) is 0 Å². The minimum Gasteiger partial charge on any atom is -0.375 e. The second kappa shape index (κ2) is 6.75. The molecule has 1 N–H and O–H groups in total. The number of aromatic nitrogens is 2. The highest BCUT2D eigenvalue weighted by molar-refractivity contribution is 5.91. The van der Waals surface area contributed by atoms with Crippen molar-refractivity contribution in [2.24, 2.45) is 0 Å². The third kappa shape index (κ3) is 3.20. The van der Waals surface area contributed by atoms with E-state index in [9.17, 15) is 4.79 Å². The number of carbonyl (C=O) groups excluding carboxylic acids is 1. The van der Waals surface area contributed by atoms with Crippen LogP contribution in [-0.4, -0.2) is 29.4 Å². The molecule has 1 aliphatic carbocycles. The first kappa shape index (κ1) is 14.8. The Morgan fingerprint density at radius 3 is 2.73 bits per heavy atom. The topological polar surface area (TPSA) is 56.1 Å². The Bertz CT molecular complexity index is 631. The average molecular weight is 299 g/mol. The van der Waals surface area contributed by atoms with Crippen molar-refractivity contribution in [1.29, 1.82) is 0 Å². The lowest BCUT2D eigenvalue weighted by Crippen LogP contribution is -2.19. The molecule has 2 aromatic rings. The molecule has 5 nitrogen and oxygen atoms in total. The summed E-state index contributed by atoms with van der Waals surface area (Å²) >= 11 is 0. The molecule has 1 saturated carbocycles. The Balaban J connectivity index is 1.92. The fraction of sp³-hybridized carbons (Fsp3) is 0.412. The number of ether oxygens (including phenoxy) is 1. The molecule has 0 atom stereocenters. The number of carbonyl (C=O) groups is 1. The molecule has 0 radical (unpaired) electrons. The normalized spacial score (nSPS) is 15.1. The maximum Gasteiger partial charge on any atom is 0.251 e. The van der Waals surface area contributed by atoms with Crippen molar-refractivity contribution in [3.05, 3.63) is 42.1 Å². The summed E-state index contributed by atoms with van der Waals surface area (Å²) in [5.41, 5.74) is 2.01. The predicted octanol–water partition coefficient (Wildman–Crippen LogP) is 3.11. The summed E-state index contributed by atoms with van der Waals surface area (Å²) < 4.78 is 6.69. The van der Waals surface area contributed by atoms with Gasteiger partial charge < -0.3 is 10.1 Å². The minimum atomic E-state index is -0.169. The van der Waals surface area contributed by atoms with Gasteiger partial charge in [0.15, 0.2) is 0 Å². The quantitative estimate of drug-likeness (QED) is 0.923. The van der Waals surface area contributed by atoms with Gasteiger partial charge in [-0.2, -0.15) is 5.10 Å². The monoisotopic (exact) mass is 299 g/mol. The first-order valence-corrected chi connectivity index (χ1v) is 7.72. The smallest absolute Gasteiger partial charge is 0.251 e. The van der Waals surface area contributed by atoms with Gasteiger partial charge in [-0.15, -0.1) is 0 Å². The predicted molar refractivity (Wildman–Crippen MR) is 85.3 cm³/mol. The molecule has 0 unspecified atom stereocenters. The fourth-order valence-corrected chi connectivity index (χ4v) is 2.99. The van der Waals surface area contributed by atoms with Crippen molar-refractivity contribution in [3.8, 4) is 5.69 Å². The molecular formula is C17H21N3O2. The summed E-state index contributed by atoms with van der Waals surface area (Å²) in [6, 6.07) is 11.9. The van der Waals surface area contributed by atoms with E-state index in [1.54, 1.807) is 4.68 Å². The van der Waals surface area contributed by atoms with Gasteiger partial charge in [0, 0.05) is 19.1 Å². The average Bonchev–Trinajstić information content (AvgIpc) is 3.17. The van der Waals surface area contributed by atoms with Crippen LogP contribution < -0.4 is 5.32 Å². The number of rotatable bonds is 5. The lowest BCUT2D eigenvalue weighted by molar-refractivity contribution is -0.119. The van der Waals surface area contributed by atoms with E-state index >= 15 is 0 Å². The number of para-hydroxylation sites is 1. The molecule has 1 aliphatic rings. The van der Waals surface area contributed by atoms with Gasteiger partial charge in [0.05, 0.1) is 11.4 Å². The molecule has 1 heterocycles. The van der Waals surface area contributed by atoms with Crippen molar-refractivity contribution >= 4 is 11.7 Å². The summed E-state index contributed by atoms with van der Waals surface area (Å²) in [7, 11) is 1.51. The lowest BCUT2D eigenvalue weighted by Gasteiger charge is -2.08. The van der Waals surface area contributed by atoms with Crippen molar-refractivity contribution in [1.82, 2.24) is 9.78 Å². The summed E-state index contributed by atoms with van der Waals surface area (Å²) in [6.45, 7) is 0.0404. The van der Waals surface area contributed by atoms with E-state index in [0.717, 1.165) is 11.4 Å². The number of methoxy groups -OCH3 is 1. The first-order chi connectivity index (χ1) is 10.8. The Hall–Kier alpha value is -2.14. The number of nitrogens with zero attached hydrogens (tertiary/aromatic N) is 2. The second-order valence-corrected chi connectivity index (χ2v) is 5.66. The van der Waals surface area contributed by atoms with Gasteiger partial charge in [0.1, 0.15) is 12.4 Å². The second-order valence-electron chi connectivity index (χ2n) is 5.66. The molecule has 1 fully saturated rings. The third-order valence-corrected chi connectivity index (χ3v) is 4.05. The Kier molecular flexibility index (Phi) is 4.53. The zero-order chi connectivity index (χ0) is 15.4. The van der Waals surface area contributed by atoms with Gasteiger partial charge >= 0.3 is 0 Å². The van der Waals surface area contributed by atoms with E-state index < -0.39 is 0 Å². The molecule has 1 aromatic carbocycles. The Morgan fingerprint density at radius 1 is 1.32 bits per heavy atom. The fourth-order valence-electron chi connectivity index (χ4n) is 2.99. The number of nitrogens with one attached hydrogen (secondary N) is 1. The maximum atomic E-state index is 11.8. The Morgan fingerprint density at radius 2 is 2.05 bits per heavy atom. The van der Waals surface area contributed by atoms with Crippen LogP contribution in [0.3, 0.4) is 0 Å². The molecular weight excluding hydrogens is 278 g/mol. The molecule has 1 amide bonds. The lowest BCUT2D eigenvalue weighted by atomic mass is 10.0. The van der Waals surface area contributed by atoms with Gasteiger partial charge in [-0.3, -0.25) is 4.79 Å². The van der Waals surface area contributed by atoms with Crippen LogP contribution in [0.15, 0.2) is 36.4 Å². The summed E-state index contributed by atoms with van der Waals surface area (Å²) in [5, 5.41) is 7.63. The molecule has 3 rings (SSSR count). The van der Waals surface area contributed by atoms with Crippen LogP contribution in [0.1, 0.15) is 37.3 Å². The van der Waals surface area contributed by atoms with Crippen molar-refractivity contribution in [3.63, 3.8) is 0 Å². The highest BCUT2D eigenvalue weighted by Gasteiger charge is 2.22. The van der Waals surface area contributed by atoms with E-state index in [4.69, 9.17) is 9.84 Å². The molecule has 0 bridgehead atoms. The number of anilines is 1. The Labute approximate surface area is 130 Å². The van der Waals surface area contributed by atoms with Crippen LogP contribution in [0.4, 0.5) is 5.82 Å². The van der Waals surface area contributed by atoms with E-state index in [1.807, 2.05) is 36.4 Å². The van der Waals surface area contributed by atoms with Gasteiger partial charge in [-0.25, -0.2) is 4.68 Å². The molecule has 5 heteroatoms. The number of hydrogen-bond donors (Lipinski definition) is 1. The molecule has 1 aromatic heterocycles. The first-order valence-electron chi connectivity index (χ1n) is 7.72. The van der Waals surface area contributed by atoms with Crippen LogP contribution >= 0.6 is 0 Å². The molecule has 0 aliphatic heterocycles. The maximum absolute atomic E-state index is 11.8. The van der Waals surface area contributed by atoms with Gasteiger partial charge in [0.2, 0.25) is 0 Å². The zero-order valence-corrected chi connectivity index (χ0v) is 12.8. The number of hydrogen-bond acceptors (Lipinski definition) is 3. The molecule has 0 saturated heterocycles. The third-order valence-electron chi connectivity index (χ3n) is 4.05. The van der Waals surface area contributed by atoms with E-state index in [-0.39, 0.29) is 12.5 Å². The standard InChI is InChI=1S/C17H21N3O2/c1-22-12-17(21)18-16-11-15(13-7-5-6-8-13)19-20(16)14-9-3-2-4-10-14/h2-4,9-11,13H,5-8,12H2,1H3,(H,18,21). The summed E-state index contributed by atoms with van der Waals surface area (Å²) in [5.74, 6) is 1.04. The van der Waals surface area contributed by atoms with Crippen LogP contribution in [0.25, 0.3) is 5.69 Å². The van der Waals surface area contributed by atoms with Gasteiger partial charge in [-0.1, -0.05) is 31.0 Å². The SMILES string of the molecule is COCC(=O)Nc1cc(C2CCCC2)nn1-c1ccccc1. The highest BCUT2D eigenvalue weighted by atomic mass is 16.5. The minimum absolute atomic E-state index is 0.0404.